The molecule has 2 rings (SSSR count). The Morgan fingerprint density at radius 2 is 1.71 bits per heavy atom. The maximum atomic E-state index is 10.6. The van der Waals surface area contributed by atoms with E-state index in [1.165, 1.54) is 0 Å². The van der Waals surface area contributed by atoms with Gasteiger partial charge in [-0.1, -0.05) is 30.3 Å². The summed E-state index contributed by atoms with van der Waals surface area (Å²) in [6.45, 7) is 0.523. The van der Waals surface area contributed by atoms with Crippen LogP contribution in [0.25, 0.3) is 17.2 Å². The van der Waals surface area contributed by atoms with Crippen LogP contribution in [0.4, 0.5) is 0 Å². The van der Waals surface area contributed by atoms with Gasteiger partial charge in [-0.2, -0.15) is 0 Å². The van der Waals surface area contributed by atoms with E-state index in [1.807, 2.05) is 42.5 Å². The molecule has 2 aromatic rings. The van der Waals surface area contributed by atoms with E-state index in [9.17, 15) is 4.79 Å². The fourth-order valence-corrected chi connectivity index (χ4v) is 4.38. The van der Waals surface area contributed by atoms with E-state index in [0.717, 1.165) is 35.6 Å². The van der Waals surface area contributed by atoms with E-state index >= 15 is 0 Å². The summed E-state index contributed by atoms with van der Waals surface area (Å²) < 4.78 is 11.3. The molecule has 28 heavy (non-hydrogen) atoms. The normalized spacial score (nSPS) is 11.6. The minimum absolute atomic E-state index is 0.523. The Labute approximate surface area is 179 Å². The summed E-state index contributed by atoms with van der Waals surface area (Å²) in [6, 6.07) is 11.4. The highest BCUT2D eigenvalue weighted by molar-refractivity contribution is 7.64. The summed E-state index contributed by atoms with van der Waals surface area (Å²) in [6.07, 6.45) is 4.28. The second-order valence-corrected chi connectivity index (χ2v) is 15.4. The third-order valence-corrected chi connectivity index (χ3v) is 6.56. The number of ether oxygens (including phenoxy) is 2. The summed E-state index contributed by atoms with van der Waals surface area (Å²) >= 11 is 17.6. The molecule has 0 bridgehead atoms. The van der Waals surface area contributed by atoms with Gasteiger partial charge in [0.15, 0.2) is 11.5 Å². The number of hydrogen-bond donors (Lipinski definition) is 1. The van der Waals surface area contributed by atoms with Gasteiger partial charge < -0.3 is 14.6 Å². The first-order valence-electron chi connectivity index (χ1n) is 8.67. The van der Waals surface area contributed by atoms with Crippen molar-refractivity contribution in [2.24, 2.45) is 0 Å². The number of carbonyl (C=O) groups is 1. The lowest BCUT2D eigenvalue weighted by Gasteiger charge is -2.13. The molecule has 150 valence electrons. The number of aliphatic carboxylic acids is 1. The fraction of sp³-hybridized carbons (Fsp3) is 0.250. The maximum absolute atomic E-state index is 10.6. The molecule has 0 saturated carbocycles. The fourth-order valence-electron chi connectivity index (χ4n) is 2.53. The van der Waals surface area contributed by atoms with Gasteiger partial charge in [-0.05, 0) is 53.8 Å². The SMILES string of the molecule is COc1cc(-c2ccc(C=CC(=O)O)cc2)ccc1OCCCC[Si](Cl)(Cl)Cl. The third-order valence-electron chi connectivity index (χ3n) is 3.94. The standard InChI is InChI=1S/C20H21Cl3O4Si/c1-26-19-14-17(16-7-4-15(5-8-16)6-11-20(24)25)9-10-18(19)27-12-2-3-13-28(21,22)23/h4-11,14H,2-3,12-13H2,1H3,(H,24,25). The molecular weight excluding hydrogens is 439 g/mol. The topological polar surface area (TPSA) is 55.8 Å². The number of rotatable bonds is 10. The molecule has 0 heterocycles. The highest BCUT2D eigenvalue weighted by Crippen LogP contribution is 2.33. The van der Waals surface area contributed by atoms with Gasteiger partial charge >= 0.3 is 12.0 Å². The second-order valence-electron chi connectivity index (χ2n) is 6.08. The molecule has 0 spiro atoms. The van der Waals surface area contributed by atoms with Crippen LogP contribution in [0.3, 0.4) is 0 Å². The van der Waals surface area contributed by atoms with Gasteiger partial charge in [0.25, 0.3) is 0 Å². The van der Waals surface area contributed by atoms with E-state index in [1.54, 1.807) is 13.2 Å². The average molecular weight is 460 g/mol. The molecule has 8 heteroatoms. The molecule has 0 amide bonds. The molecule has 1 N–H and O–H groups in total. The quantitative estimate of drug-likeness (QED) is 0.197. The zero-order valence-corrected chi connectivity index (χ0v) is 18.6. The maximum Gasteiger partial charge on any atom is 0.341 e. The van der Waals surface area contributed by atoms with Crippen LogP contribution >= 0.6 is 33.2 Å². The Morgan fingerprint density at radius 3 is 2.32 bits per heavy atom. The first-order chi connectivity index (χ1) is 13.3. The predicted molar refractivity (Wildman–Crippen MR) is 118 cm³/mol. The third kappa shape index (κ3) is 7.76. The Morgan fingerprint density at radius 1 is 1.04 bits per heavy atom. The van der Waals surface area contributed by atoms with Crippen molar-refractivity contribution in [1.82, 2.24) is 0 Å². The van der Waals surface area contributed by atoms with Crippen molar-refractivity contribution in [2.45, 2.75) is 18.9 Å². The van der Waals surface area contributed by atoms with Crippen molar-refractivity contribution in [1.29, 1.82) is 0 Å². The molecule has 0 radical (unpaired) electrons. The average Bonchev–Trinajstić information content (AvgIpc) is 2.65. The van der Waals surface area contributed by atoms with Crippen LogP contribution in [0.15, 0.2) is 48.5 Å². The highest BCUT2D eigenvalue weighted by Gasteiger charge is 2.23. The van der Waals surface area contributed by atoms with Crippen LogP contribution < -0.4 is 9.47 Å². The first kappa shape index (κ1) is 22.6. The lowest BCUT2D eigenvalue weighted by molar-refractivity contribution is -0.131. The molecule has 0 aliphatic heterocycles. The Hall–Kier alpha value is -1.66. The summed E-state index contributed by atoms with van der Waals surface area (Å²) in [7, 11) is 1.60. The monoisotopic (exact) mass is 458 g/mol. The van der Waals surface area contributed by atoms with Crippen LogP contribution in [0.2, 0.25) is 6.04 Å². The van der Waals surface area contributed by atoms with Crippen molar-refractivity contribution in [2.75, 3.05) is 13.7 Å². The van der Waals surface area contributed by atoms with Gasteiger partial charge in [0.2, 0.25) is 0 Å². The van der Waals surface area contributed by atoms with E-state index < -0.39 is 12.0 Å². The molecule has 0 fully saturated rings. The molecule has 0 aromatic heterocycles. The lowest BCUT2D eigenvalue weighted by Crippen LogP contribution is -2.09. The molecule has 0 unspecified atom stereocenters. The number of hydrogen-bond acceptors (Lipinski definition) is 3. The Kier molecular flexibility index (Phi) is 8.70. The van der Waals surface area contributed by atoms with Crippen LogP contribution in [0, 0.1) is 0 Å². The van der Waals surface area contributed by atoms with Crippen molar-refractivity contribution in [3.63, 3.8) is 0 Å². The van der Waals surface area contributed by atoms with Gasteiger partial charge in [-0.3, -0.25) is 0 Å². The minimum Gasteiger partial charge on any atom is -0.493 e. The van der Waals surface area contributed by atoms with E-state index in [4.69, 9.17) is 47.8 Å². The number of carboxylic acid groups (broad SMARTS) is 1. The number of halogens is 3. The van der Waals surface area contributed by atoms with Crippen LogP contribution in [0.1, 0.15) is 18.4 Å². The van der Waals surface area contributed by atoms with Crippen molar-refractivity contribution >= 4 is 51.3 Å². The summed E-state index contributed by atoms with van der Waals surface area (Å²) in [5, 5.41) is 8.69. The van der Waals surface area contributed by atoms with Crippen LogP contribution in [-0.2, 0) is 4.79 Å². The highest BCUT2D eigenvalue weighted by atomic mass is 35.8. The summed E-state index contributed by atoms with van der Waals surface area (Å²) in [4.78, 5) is 10.6. The zero-order chi connectivity index (χ0) is 20.6. The van der Waals surface area contributed by atoms with E-state index in [2.05, 4.69) is 0 Å². The van der Waals surface area contributed by atoms with Gasteiger partial charge in [0, 0.05) is 6.08 Å². The Bertz CT molecular complexity index is 817. The predicted octanol–water partition coefficient (Wildman–Crippen LogP) is 6.27. The summed E-state index contributed by atoms with van der Waals surface area (Å²) in [5.74, 6) is 0.334. The van der Waals surface area contributed by atoms with Crippen molar-refractivity contribution < 1.29 is 19.4 Å². The second kappa shape index (κ2) is 10.8. The lowest BCUT2D eigenvalue weighted by atomic mass is 10.0. The van der Waals surface area contributed by atoms with E-state index in [-0.39, 0.29) is 0 Å². The smallest absolute Gasteiger partial charge is 0.341 e. The zero-order valence-electron chi connectivity index (χ0n) is 15.3. The molecule has 0 atom stereocenters. The van der Waals surface area contributed by atoms with Gasteiger partial charge in [0.05, 0.1) is 13.7 Å². The van der Waals surface area contributed by atoms with E-state index in [0.29, 0.717) is 24.2 Å². The molecule has 0 saturated heterocycles. The van der Waals surface area contributed by atoms with Gasteiger partial charge in [-0.15, -0.1) is 33.2 Å². The molecular formula is C20H21Cl3O4Si. The van der Waals surface area contributed by atoms with Crippen LogP contribution in [-0.4, -0.2) is 30.8 Å². The largest absolute Gasteiger partial charge is 0.493 e. The number of carboxylic acids is 1. The van der Waals surface area contributed by atoms with Crippen molar-refractivity contribution in [3.8, 4) is 22.6 Å². The molecule has 2 aromatic carbocycles. The van der Waals surface area contributed by atoms with Gasteiger partial charge in [-0.25, -0.2) is 4.79 Å². The molecule has 0 aliphatic rings. The first-order valence-corrected chi connectivity index (χ1v) is 13.9. The van der Waals surface area contributed by atoms with Gasteiger partial charge in [0.1, 0.15) is 0 Å². The Balaban J connectivity index is 2.01. The summed E-state index contributed by atoms with van der Waals surface area (Å²) in [5.41, 5.74) is 2.78. The van der Waals surface area contributed by atoms with Crippen molar-refractivity contribution in [3.05, 3.63) is 54.1 Å². The van der Waals surface area contributed by atoms with Crippen LogP contribution in [0.5, 0.6) is 11.5 Å². The molecule has 0 aliphatic carbocycles. The molecule has 4 nitrogen and oxygen atoms in total. The minimum atomic E-state index is -2.56. The number of methoxy groups -OCH3 is 1. The number of benzene rings is 2. The number of unbranched alkanes of at least 4 members (excludes halogenated alkanes) is 1.